The number of esters is 1. The second kappa shape index (κ2) is 11.4. The second-order valence-electron chi connectivity index (χ2n) is 6.41. The first kappa shape index (κ1) is 21.9. The van der Waals surface area contributed by atoms with Crippen molar-refractivity contribution in [1.29, 1.82) is 0 Å². The molecule has 0 amide bonds. The number of ether oxygens (including phenoxy) is 2. The van der Waals surface area contributed by atoms with Gasteiger partial charge in [-0.15, -0.1) is 0 Å². The lowest BCUT2D eigenvalue weighted by Gasteiger charge is -2.08. The lowest BCUT2D eigenvalue weighted by Crippen LogP contribution is -2.03. The van der Waals surface area contributed by atoms with Gasteiger partial charge in [0.05, 0.1) is 12.0 Å². The van der Waals surface area contributed by atoms with Crippen molar-refractivity contribution >= 4 is 17.2 Å². The van der Waals surface area contributed by atoms with Crippen molar-refractivity contribution in [2.24, 2.45) is 0 Å². The maximum absolute atomic E-state index is 12.0. The third-order valence-electron chi connectivity index (χ3n) is 4.31. The SMILES string of the molecule is CCCCC/C(=C\C=C\C(=O)Oc1ccc([N+](=O)[O-])cc1)c1ccc(OC)cc1. The van der Waals surface area contributed by atoms with E-state index in [4.69, 9.17) is 9.47 Å². The van der Waals surface area contributed by atoms with Crippen LogP contribution in [0, 0.1) is 10.1 Å². The van der Waals surface area contributed by atoms with Gasteiger partial charge in [0.1, 0.15) is 11.5 Å². The van der Waals surface area contributed by atoms with Gasteiger partial charge in [0, 0.05) is 18.2 Å². The van der Waals surface area contributed by atoms with Gasteiger partial charge < -0.3 is 9.47 Å². The number of allylic oxidation sites excluding steroid dienone is 3. The molecule has 0 saturated heterocycles. The van der Waals surface area contributed by atoms with E-state index in [1.54, 1.807) is 13.2 Å². The molecule has 0 spiro atoms. The smallest absolute Gasteiger partial charge is 0.336 e. The predicted octanol–water partition coefficient (Wildman–Crippen LogP) is 5.73. The highest BCUT2D eigenvalue weighted by atomic mass is 16.6. The Hall–Kier alpha value is -3.41. The number of non-ortho nitro benzene ring substituents is 1. The number of hydrogen-bond donors (Lipinski definition) is 0. The number of carbonyl (C=O) groups is 1. The Labute approximate surface area is 170 Å². The summed E-state index contributed by atoms with van der Waals surface area (Å²) in [4.78, 5) is 22.2. The number of carbonyl (C=O) groups excluding carboxylic acids is 1. The molecule has 0 bridgehead atoms. The van der Waals surface area contributed by atoms with Crippen molar-refractivity contribution < 1.29 is 19.2 Å². The van der Waals surface area contributed by atoms with Crippen molar-refractivity contribution in [1.82, 2.24) is 0 Å². The van der Waals surface area contributed by atoms with Crippen LogP contribution in [0.3, 0.4) is 0 Å². The lowest BCUT2D eigenvalue weighted by molar-refractivity contribution is -0.384. The molecule has 6 nitrogen and oxygen atoms in total. The standard InChI is InChI=1S/C23H25NO5/c1-3-4-5-7-18(19-10-14-21(28-2)15-11-19)8-6-9-23(25)29-22-16-12-20(13-17-22)24(26)27/h6,8-17H,3-5,7H2,1-2H3/b9-6+,18-8+. The number of hydrogen-bond acceptors (Lipinski definition) is 5. The van der Waals surface area contributed by atoms with Crippen LogP contribution in [0.25, 0.3) is 5.57 Å². The molecule has 2 aromatic carbocycles. The summed E-state index contributed by atoms with van der Waals surface area (Å²) < 4.78 is 10.4. The maximum atomic E-state index is 12.0. The van der Waals surface area contributed by atoms with E-state index in [1.165, 1.54) is 30.3 Å². The summed E-state index contributed by atoms with van der Waals surface area (Å²) in [5.41, 5.74) is 2.15. The van der Waals surface area contributed by atoms with Gasteiger partial charge in [-0.2, -0.15) is 0 Å². The van der Waals surface area contributed by atoms with Gasteiger partial charge in [-0.1, -0.05) is 44.1 Å². The average Bonchev–Trinajstić information content (AvgIpc) is 2.73. The third-order valence-corrected chi connectivity index (χ3v) is 4.31. The van der Waals surface area contributed by atoms with E-state index < -0.39 is 10.9 Å². The molecule has 0 atom stereocenters. The molecule has 0 aromatic heterocycles. The highest BCUT2D eigenvalue weighted by Gasteiger charge is 2.06. The predicted molar refractivity (Wildman–Crippen MR) is 113 cm³/mol. The molecule has 0 N–H and O–H groups in total. The molecule has 0 saturated carbocycles. The number of nitro groups is 1. The molecule has 0 aliphatic rings. The van der Waals surface area contributed by atoms with Crippen molar-refractivity contribution in [2.45, 2.75) is 32.6 Å². The summed E-state index contributed by atoms with van der Waals surface area (Å²) in [7, 11) is 1.63. The summed E-state index contributed by atoms with van der Waals surface area (Å²) >= 11 is 0. The summed E-state index contributed by atoms with van der Waals surface area (Å²) in [6.07, 6.45) is 9.16. The van der Waals surface area contributed by atoms with Gasteiger partial charge >= 0.3 is 5.97 Å². The number of nitrogens with zero attached hydrogens (tertiary/aromatic N) is 1. The molecule has 0 fully saturated rings. The molecule has 0 radical (unpaired) electrons. The number of methoxy groups -OCH3 is 1. The van der Waals surface area contributed by atoms with Crippen molar-refractivity contribution in [3.8, 4) is 11.5 Å². The van der Waals surface area contributed by atoms with Crippen molar-refractivity contribution in [3.05, 3.63) is 82.4 Å². The second-order valence-corrected chi connectivity index (χ2v) is 6.41. The van der Waals surface area contributed by atoms with Crippen LogP contribution in [-0.4, -0.2) is 18.0 Å². The largest absolute Gasteiger partial charge is 0.497 e. The van der Waals surface area contributed by atoms with Gasteiger partial charge in [-0.25, -0.2) is 4.79 Å². The van der Waals surface area contributed by atoms with E-state index in [2.05, 4.69) is 6.92 Å². The first-order valence-electron chi connectivity index (χ1n) is 9.51. The average molecular weight is 395 g/mol. The Balaban J connectivity index is 2.05. The molecule has 0 aliphatic carbocycles. The molecule has 152 valence electrons. The zero-order valence-electron chi connectivity index (χ0n) is 16.7. The monoisotopic (exact) mass is 395 g/mol. The number of benzene rings is 2. The summed E-state index contributed by atoms with van der Waals surface area (Å²) in [6, 6.07) is 13.2. The summed E-state index contributed by atoms with van der Waals surface area (Å²) in [5, 5.41) is 10.7. The van der Waals surface area contributed by atoms with Crippen LogP contribution in [-0.2, 0) is 4.79 Å². The molecule has 6 heteroatoms. The molecule has 29 heavy (non-hydrogen) atoms. The number of rotatable bonds is 10. The Morgan fingerprint density at radius 2 is 1.69 bits per heavy atom. The van der Waals surface area contributed by atoms with Gasteiger partial charge in [0.25, 0.3) is 5.69 Å². The lowest BCUT2D eigenvalue weighted by atomic mass is 9.99. The molecule has 0 aliphatic heterocycles. The molecular weight excluding hydrogens is 370 g/mol. The first-order chi connectivity index (χ1) is 14.0. The van der Waals surface area contributed by atoms with Crippen LogP contribution in [0.1, 0.15) is 38.2 Å². The molecule has 0 unspecified atom stereocenters. The normalized spacial score (nSPS) is 11.4. The van der Waals surface area contributed by atoms with Gasteiger partial charge in [-0.05, 0) is 48.2 Å². The Morgan fingerprint density at radius 3 is 2.28 bits per heavy atom. The van der Waals surface area contributed by atoms with E-state index in [9.17, 15) is 14.9 Å². The molecule has 0 heterocycles. The number of unbranched alkanes of at least 4 members (excludes halogenated alkanes) is 2. The minimum absolute atomic E-state index is 0.0560. The third kappa shape index (κ3) is 7.25. The molecule has 2 rings (SSSR count). The zero-order chi connectivity index (χ0) is 21.1. The summed E-state index contributed by atoms with van der Waals surface area (Å²) in [6.45, 7) is 2.16. The fraction of sp³-hybridized carbons (Fsp3) is 0.261. The van der Waals surface area contributed by atoms with Crippen LogP contribution in [0.5, 0.6) is 11.5 Å². The maximum Gasteiger partial charge on any atom is 0.336 e. The van der Waals surface area contributed by atoms with Crippen LogP contribution in [0.2, 0.25) is 0 Å². The van der Waals surface area contributed by atoms with Crippen LogP contribution in [0.15, 0.2) is 66.8 Å². The summed E-state index contributed by atoms with van der Waals surface area (Å²) in [5.74, 6) is 0.508. The fourth-order valence-corrected chi connectivity index (χ4v) is 2.72. The highest BCUT2D eigenvalue weighted by Crippen LogP contribution is 2.24. The minimum Gasteiger partial charge on any atom is -0.497 e. The highest BCUT2D eigenvalue weighted by molar-refractivity contribution is 5.85. The van der Waals surface area contributed by atoms with E-state index in [-0.39, 0.29) is 11.4 Å². The molecular formula is C23H25NO5. The van der Waals surface area contributed by atoms with Crippen LogP contribution >= 0.6 is 0 Å². The van der Waals surface area contributed by atoms with E-state index in [0.717, 1.165) is 42.6 Å². The Morgan fingerprint density at radius 1 is 1.03 bits per heavy atom. The molecule has 2 aromatic rings. The van der Waals surface area contributed by atoms with Crippen molar-refractivity contribution in [3.63, 3.8) is 0 Å². The van der Waals surface area contributed by atoms with Crippen LogP contribution < -0.4 is 9.47 Å². The van der Waals surface area contributed by atoms with Gasteiger partial charge in [-0.3, -0.25) is 10.1 Å². The fourth-order valence-electron chi connectivity index (χ4n) is 2.72. The minimum atomic E-state index is -0.544. The van der Waals surface area contributed by atoms with E-state index in [0.29, 0.717) is 0 Å². The Bertz CT molecular complexity index is 867. The first-order valence-corrected chi connectivity index (χ1v) is 9.51. The number of nitro benzene ring substituents is 1. The topological polar surface area (TPSA) is 78.7 Å². The van der Waals surface area contributed by atoms with E-state index in [1.807, 2.05) is 30.3 Å². The Kier molecular flexibility index (Phi) is 8.63. The quantitative estimate of drug-likeness (QED) is 0.0976. The zero-order valence-corrected chi connectivity index (χ0v) is 16.7. The van der Waals surface area contributed by atoms with Gasteiger partial charge in [0.2, 0.25) is 0 Å². The van der Waals surface area contributed by atoms with Crippen LogP contribution in [0.4, 0.5) is 5.69 Å². The van der Waals surface area contributed by atoms with E-state index >= 15 is 0 Å². The van der Waals surface area contributed by atoms with Crippen molar-refractivity contribution in [2.75, 3.05) is 7.11 Å². The van der Waals surface area contributed by atoms with Gasteiger partial charge in [0.15, 0.2) is 0 Å².